The van der Waals surface area contributed by atoms with Crippen LogP contribution in [-0.2, 0) is 4.79 Å². The summed E-state index contributed by atoms with van der Waals surface area (Å²) in [4.78, 5) is 22.3. The lowest BCUT2D eigenvalue weighted by molar-refractivity contribution is -0.149. The molecule has 2 aromatic heterocycles. The van der Waals surface area contributed by atoms with Gasteiger partial charge in [-0.3, -0.25) is 0 Å². The van der Waals surface area contributed by atoms with E-state index in [1.807, 2.05) is 0 Å². The van der Waals surface area contributed by atoms with Crippen LogP contribution in [0, 0.1) is 0 Å². The number of hydrogen-bond acceptors (Lipinski definition) is 7. The van der Waals surface area contributed by atoms with Crippen LogP contribution in [0.2, 0.25) is 0 Å². The Labute approximate surface area is 101 Å². The van der Waals surface area contributed by atoms with Crippen molar-refractivity contribution in [3.63, 3.8) is 0 Å². The molecule has 2 heterocycles. The van der Waals surface area contributed by atoms with Crippen molar-refractivity contribution in [3.05, 3.63) is 12.7 Å². The lowest BCUT2D eigenvalue weighted by Gasteiger charge is -2.19. The SMILES string of the molecule is Nc1ncnc2c1ncn2C(CO)C(O)C(=O)O. The van der Waals surface area contributed by atoms with E-state index in [0.29, 0.717) is 0 Å². The highest BCUT2D eigenvalue weighted by Gasteiger charge is 2.28. The number of rotatable bonds is 4. The fourth-order valence-electron chi connectivity index (χ4n) is 1.62. The maximum Gasteiger partial charge on any atom is 0.334 e. The number of aliphatic carboxylic acids is 1. The van der Waals surface area contributed by atoms with Gasteiger partial charge in [-0.25, -0.2) is 19.7 Å². The van der Waals surface area contributed by atoms with Gasteiger partial charge in [0.25, 0.3) is 0 Å². The lowest BCUT2D eigenvalue weighted by Crippen LogP contribution is -2.33. The summed E-state index contributed by atoms with van der Waals surface area (Å²) in [7, 11) is 0. The molecule has 0 spiro atoms. The minimum Gasteiger partial charge on any atom is -0.479 e. The summed E-state index contributed by atoms with van der Waals surface area (Å²) in [6.07, 6.45) is 0.670. The number of nitrogen functional groups attached to an aromatic ring is 1. The molecule has 96 valence electrons. The zero-order valence-electron chi connectivity index (χ0n) is 9.13. The van der Waals surface area contributed by atoms with Crippen LogP contribution in [-0.4, -0.2) is 53.5 Å². The number of carbonyl (C=O) groups is 1. The molecule has 0 aromatic carbocycles. The number of aliphatic hydroxyl groups is 2. The maximum atomic E-state index is 10.7. The van der Waals surface area contributed by atoms with E-state index in [1.165, 1.54) is 17.2 Å². The van der Waals surface area contributed by atoms with Crippen molar-refractivity contribution < 1.29 is 20.1 Å². The first-order chi connectivity index (χ1) is 8.56. The van der Waals surface area contributed by atoms with Gasteiger partial charge < -0.3 is 25.6 Å². The summed E-state index contributed by atoms with van der Waals surface area (Å²) in [5.41, 5.74) is 6.12. The molecule has 0 saturated heterocycles. The largest absolute Gasteiger partial charge is 0.479 e. The summed E-state index contributed by atoms with van der Waals surface area (Å²) in [5, 5.41) is 27.5. The summed E-state index contributed by atoms with van der Waals surface area (Å²) < 4.78 is 1.26. The number of nitrogens with two attached hydrogens (primary N) is 1. The topological polar surface area (TPSA) is 147 Å². The minimum atomic E-state index is -1.77. The van der Waals surface area contributed by atoms with E-state index < -0.39 is 24.7 Å². The lowest BCUT2D eigenvalue weighted by atomic mass is 10.1. The second kappa shape index (κ2) is 4.55. The molecule has 0 radical (unpaired) electrons. The normalized spacial score (nSPS) is 14.6. The molecule has 9 nitrogen and oxygen atoms in total. The molecule has 2 atom stereocenters. The first-order valence-electron chi connectivity index (χ1n) is 5.01. The first-order valence-corrected chi connectivity index (χ1v) is 5.01. The quantitative estimate of drug-likeness (QED) is 0.508. The van der Waals surface area contributed by atoms with E-state index in [2.05, 4.69) is 15.0 Å². The Bertz CT molecular complexity index is 583. The number of carboxylic acids is 1. The van der Waals surface area contributed by atoms with Crippen molar-refractivity contribution >= 4 is 23.0 Å². The molecule has 0 aliphatic rings. The predicted molar refractivity (Wildman–Crippen MR) is 59.5 cm³/mol. The number of aromatic nitrogens is 4. The number of nitrogens with zero attached hydrogens (tertiary/aromatic N) is 4. The average molecular weight is 253 g/mol. The van der Waals surface area contributed by atoms with Crippen molar-refractivity contribution in [2.24, 2.45) is 0 Å². The van der Waals surface area contributed by atoms with Gasteiger partial charge in [0, 0.05) is 0 Å². The van der Waals surface area contributed by atoms with Crippen molar-refractivity contribution in [3.8, 4) is 0 Å². The second-order valence-electron chi connectivity index (χ2n) is 3.62. The Morgan fingerprint density at radius 2 is 2.17 bits per heavy atom. The standard InChI is InChI=1S/C9H11N5O4/c10-7-5-8(12-2-11-7)14(3-13-5)4(1-15)6(16)9(17)18/h2-4,6,15-16H,1H2,(H,17,18)(H2,10,11,12). The Hall–Kier alpha value is -2.26. The van der Waals surface area contributed by atoms with E-state index in [9.17, 15) is 15.0 Å². The van der Waals surface area contributed by atoms with E-state index in [4.69, 9.17) is 10.8 Å². The molecule has 9 heteroatoms. The molecule has 0 aliphatic heterocycles. The third-order valence-corrected chi connectivity index (χ3v) is 2.55. The fourth-order valence-corrected chi connectivity index (χ4v) is 1.62. The summed E-state index contributed by atoms with van der Waals surface area (Å²) in [5.74, 6) is -1.31. The molecule has 0 aliphatic carbocycles. The van der Waals surface area contributed by atoms with Crippen molar-refractivity contribution in [1.82, 2.24) is 19.5 Å². The minimum absolute atomic E-state index is 0.139. The third-order valence-electron chi connectivity index (χ3n) is 2.55. The van der Waals surface area contributed by atoms with Gasteiger partial charge in [-0.2, -0.15) is 0 Å². The number of fused-ring (bicyclic) bond motifs is 1. The Balaban J connectivity index is 2.52. The summed E-state index contributed by atoms with van der Waals surface area (Å²) >= 11 is 0. The highest BCUT2D eigenvalue weighted by Crippen LogP contribution is 2.20. The van der Waals surface area contributed by atoms with E-state index in [1.54, 1.807) is 0 Å². The van der Waals surface area contributed by atoms with Gasteiger partial charge in [0.05, 0.1) is 19.0 Å². The average Bonchev–Trinajstić information content (AvgIpc) is 2.75. The smallest absolute Gasteiger partial charge is 0.334 e. The highest BCUT2D eigenvalue weighted by molar-refractivity contribution is 5.81. The van der Waals surface area contributed by atoms with Crippen LogP contribution < -0.4 is 5.73 Å². The number of hydrogen-bond donors (Lipinski definition) is 4. The molecule has 0 saturated carbocycles. The number of anilines is 1. The molecule has 18 heavy (non-hydrogen) atoms. The number of imidazole rings is 1. The number of carboxylic acid groups (broad SMARTS) is 1. The highest BCUT2D eigenvalue weighted by atomic mass is 16.4. The van der Waals surface area contributed by atoms with Gasteiger partial charge in [-0.15, -0.1) is 0 Å². The van der Waals surface area contributed by atoms with Gasteiger partial charge >= 0.3 is 5.97 Å². The number of aliphatic hydroxyl groups excluding tert-OH is 2. The van der Waals surface area contributed by atoms with Crippen LogP contribution in [0.3, 0.4) is 0 Å². The second-order valence-corrected chi connectivity index (χ2v) is 3.62. The van der Waals surface area contributed by atoms with Crippen LogP contribution in [0.1, 0.15) is 6.04 Å². The van der Waals surface area contributed by atoms with Crippen LogP contribution in [0.4, 0.5) is 5.82 Å². The summed E-state index contributed by atoms with van der Waals surface area (Å²) in [6, 6.07) is -1.10. The van der Waals surface area contributed by atoms with Gasteiger partial charge in [0.15, 0.2) is 17.6 Å². The fraction of sp³-hybridized carbons (Fsp3) is 0.333. The molecular weight excluding hydrogens is 242 g/mol. The maximum absolute atomic E-state index is 10.7. The van der Waals surface area contributed by atoms with Gasteiger partial charge in [-0.1, -0.05) is 0 Å². The Morgan fingerprint density at radius 3 is 2.78 bits per heavy atom. The van der Waals surface area contributed by atoms with Crippen molar-refractivity contribution in [1.29, 1.82) is 0 Å². The molecule has 0 fully saturated rings. The molecule has 0 bridgehead atoms. The third kappa shape index (κ3) is 1.85. The van der Waals surface area contributed by atoms with E-state index in [-0.39, 0.29) is 17.0 Å². The van der Waals surface area contributed by atoms with E-state index in [0.717, 1.165) is 0 Å². The summed E-state index contributed by atoms with van der Waals surface area (Å²) in [6.45, 7) is -0.581. The van der Waals surface area contributed by atoms with Crippen LogP contribution in [0.15, 0.2) is 12.7 Å². The van der Waals surface area contributed by atoms with Gasteiger partial charge in [0.1, 0.15) is 11.8 Å². The molecule has 0 amide bonds. The Morgan fingerprint density at radius 1 is 1.44 bits per heavy atom. The van der Waals surface area contributed by atoms with Crippen molar-refractivity contribution in [2.45, 2.75) is 12.1 Å². The molecule has 5 N–H and O–H groups in total. The monoisotopic (exact) mass is 253 g/mol. The van der Waals surface area contributed by atoms with Crippen molar-refractivity contribution in [2.75, 3.05) is 12.3 Å². The molecule has 2 unspecified atom stereocenters. The zero-order chi connectivity index (χ0) is 13.3. The van der Waals surface area contributed by atoms with Crippen LogP contribution in [0.5, 0.6) is 0 Å². The zero-order valence-corrected chi connectivity index (χ0v) is 9.13. The van der Waals surface area contributed by atoms with Gasteiger partial charge in [-0.05, 0) is 0 Å². The first kappa shape index (κ1) is 12.2. The molecule has 2 aromatic rings. The molecular formula is C9H11N5O4. The molecule has 2 rings (SSSR count). The van der Waals surface area contributed by atoms with E-state index >= 15 is 0 Å². The van der Waals surface area contributed by atoms with Crippen LogP contribution >= 0.6 is 0 Å². The van der Waals surface area contributed by atoms with Crippen LogP contribution in [0.25, 0.3) is 11.2 Å². The predicted octanol–water partition coefficient (Wildman–Crippen LogP) is -1.61. The Kier molecular flexibility index (Phi) is 3.08. The van der Waals surface area contributed by atoms with Gasteiger partial charge in [0.2, 0.25) is 0 Å².